The summed E-state index contributed by atoms with van der Waals surface area (Å²) >= 11 is 3.39. The van der Waals surface area contributed by atoms with Crippen molar-refractivity contribution in [2.75, 3.05) is 6.54 Å². The van der Waals surface area contributed by atoms with Crippen LogP contribution in [0.5, 0.6) is 0 Å². The highest BCUT2D eigenvalue weighted by atomic mass is 32.2. The maximum Gasteiger partial charge on any atom is 0.251 e. The quantitative estimate of drug-likeness (QED) is 0.482. The Morgan fingerprint density at radius 1 is 1.32 bits per heavy atom. The van der Waals surface area contributed by atoms with Gasteiger partial charge < -0.3 is 4.98 Å². The molecule has 4 nitrogen and oxygen atoms in total. The second-order valence-corrected chi connectivity index (χ2v) is 8.02. The van der Waals surface area contributed by atoms with Gasteiger partial charge in [-0.3, -0.25) is 14.5 Å². The smallest absolute Gasteiger partial charge is 0.251 e. The number of rotatable bonds is 7. The van der Waals surface area contributed by atoms with Gasteiger partial charge in [-0.25, -0.2) is 0 Å². The van der Waals surface area contributed by atoms with Crippen LogP contribution in [-0.2, 0) is 12.8 Å². The van der Waals surface area contributed by atoms with Crippen LogP contribution in [0.2, 0.25) is 0 Å². The lowest BCUT2D eigenvalue weighted by molar-refractivity contribution is 0.902. The number of aromatic nitrogens is 2. The molecule has 0 spiro atoms. The molecule has 0 saturated carbocycles. The van der Waals surface area contributed by atoms with Gasteiger partial charge in [0.05, 0.1) is 4.21 Å². The van der Waals surface area contributed by atoms with Gasteiger partial charge in [-0.15, -0.1) is 11.3 Å². The Hall–Kier alpha value is -1.89. The second-order valence-electron chi connectivity index (χ2n) is 5.74. The summed E-state index contributed by atoms with van der Waals surface area (Å²) in [6.45, 7) is 4.85. The molecule has 25 heavy (non-hydrogen) atoms. The van der Waals surface area contributed by atoms with Gasteiger partial charge in [0.15, 0.2) is 0 Å². The zero-order chi connectivity index (χ0) is 17.6. The van der Waals surface area contributed by atoms with Crippen molar-refractivity contribution in [3.63, 3.8) is 0 Å². The van der Waals surface area contributed by atoms with Crippen LogP contribution in [0.3, 0.4) is 0 Å². The fraction of sp³-hybridized carbons (Fsp3) is 0.263. The minimum Gasteiger partial charge on any atom is -0.326 e. The third-order valence-electron chi connectivity index (χ3n) is 3.95. The van der Waals surface area contributed by atoms with Gasteiger partial charge in [0.1, 0.15) is 0 Å². The Morgan fingerprint density at radius 3 is 2.96 bits per heavy atom. The van der Waals surface area contributed by atoms with E-state index in [4.69, 9.17) is 0 Å². The molecule has 0 saturated heterocycles. The first-order valence-electron chi connectivity index (χ1n) is 8.29. The third-order valence-corrected chi connectivity index (χ3v) is 6.05. The number of hydrogen-bond donors (Lipinski definition) is 2. The van der Waals surface area contributed by atoms with Crippen molar-refractivity contribution in [3.05, 3.63) is 69.9 Å². The van der Waals surface area contributed by atoms with Gasteiger partial charge >= 0.3 is 0 Å². The first kappa shape index (κ1) is 17.9. The molecule has 3 aromatic rings. The van der Waals surface area contributed by atoms with Gasteiger partial charge in [-0.1, -0.05) is 13.0 Å². The topological polar surface area (TPSA) is 57.8 Å². The minimum absolute atomic E-state index is 0.0203. The summed E-state index contributed by atoms with van der Waals surface area (Å²) < 4.78 is 4.62. The van der Waals surface area contributed by atoms with E-state index in [1.807, 2.05) is 32.2 Å². The summed E-state index contributed by atoms with van der Waals surface area (Å²) in [5.74, 6) is 0. The van der Waals surface area contributed by atoms with Crippen LogP contribution in [0.1, 0.15) is 23.7 Å². The van der Waals surface area contributed by atoms with E-state index in [2.05, 4.69) is 32.9 Å². The number of thiophene rings is 1. The molecule has 0 radical (unpaired) electrons. The normalized spacial score (nSPS) is 11.0. The van der Waals surface area contributed by atoms with E-state index >= 15 is 0 Å². The zero-order valence-corrected chi connectivity index (χ0v) is 16.0. The molecular formula is C19H21N3OS2. The number of aryl methyl sites for hydroxylation is 2. The number of nitrogens with zero attached hydrogens (tertiary/aromatic N) is 1. The van der Waals surface area contributed by atoms with Gasteiger partial charge in [0.25, 0.3) is 5.56 Å². The average Bonchev–Trinajstić information content (AvgIpc) is 3.08. The Kier molecular flexibility index (Phi) is 6.07. The number of aromatic amines is 1. The molecule has 3 rings (SSSR count). The van der Waals surface area contributed by atoms with E-state index in [0.29, 0.717) is 0 Å². The number of H-pyrrole nitrogens is 1. The molecule has 0 bridgehead atoms. The second kappa shape index (κ2) is 8.47. The molecule has 3 aromatic heterocycles. The summed E-state index contributed by atoms with van der Waals surface area (Å²) in [5, 5.41) is 0. The van der Waals surface area contributed by atoms with Gasteiger partial charge in [0, 0.05) is 40.6 Å². The monoisotopic (exact) mass is 371 g/mol. The van der Waals surface area contributed by atoms with Gasteiger partial charge in [-0.05, 0) is 61.5 Å². The summed E-state index contributed by atoms with van der Waals surface area (Å²) in [4.78, 5) is 20.1. The van der Waals surface area contributed by atoms with E-state index in [1.165, 1.54) is 14.6 Å². The van der Waals surface area contributed by atoms with Crippen molar-refractivity contribution in [1.29, 1.82) is 0 Å². The Morgan fingerprint density at radius 2 is 2.20 bits per heavy atom. The Balaban J connectivity index is 1.62. The summed E-state index contributed by atoms with van der Waals surface area (Å²) in [6.07, 6.45) is 5.39. The van der Waals surface area contributed by atoms with Gasteiger partial charge in [0.2, 0.25) is 0 Å². The van der Waals surface area contributed by atoms with Crippen molar-refractivity contribution in [2.24, 2.45) is 0 Å². The fourth-order valence-corrected chi connectivity index (χ4v) is 4.47. The van der Waals surface area contributed by atoms with Crippen LogP contribution in [0.15, 0.2) is 51.7 Å². The molecule has 0 unspecified atom stereocenters. The molecule has 0 fully saturated rings. The Bertz CT molecular complexity index is 887. The van der Waals surface area contributed by atoms with Crippen molar-refractivity contribution in [3.8, 4) is 10.4 Å². The van der Waals surface area contributed by atoms with E-state index < -0.39 is 0 Å². The first-order chi connectivity index (χ1) is 12.2. The highest BCUT2D eigenvalue weighted by Gasteiger charge is 2.09. The molecule has 0 aliphatic carbocycles. The van der Waals surface area contributed by atoms with E-state index in [9.17, 15) is 4.79 Å². The number of pyridine rings is 2. The minimum atomic E-state index is 0.0203. The molecule has 0 aromatic carbocycles. The maximum atomic E-state index is 11.9. The lowest BCUT2D eigenvalue weighted by Crippen LogP contribution is -2.13. The molecule has 0 aliphatic heterocycles. The summed E-state index contributed by atoms with van der Waals surface area (Å²) in [5.41, 5.74) is 4.12. The van der Waals surface area contributed by atoms with E-state index in [-0.39, 0.29) is 5.56 Å². The van der Waals surface area contributed by atoms with Crippen LogP contribution < -0.4 is 10.3 Å². The summed E-state index contributed by atoms with van der Waals surface area (Å²) in [7, 11) is 0. The fourth-order valence-electron chi connectivity index (χ4n) is 2.57. The molecule has 0 amide bonds. The van der Waals surface area contributed by atoms with Crippen molar-refractivity contribution < 1.29 is 0 Å². The standard InChI is InChI=1S/C19H21N3OS2/c1-3-15-11-16(13(2)22-19(15)23)17-6-7-18(24-17)25-21-10-8-14-5-4-9-20-12-14/h4-7,9,11-12,21H,3,8,10H2,1-2H3,(H,22,23). The van der Waals surface area contributed by atoms with Crippen molar-refractivity contribution >= 4 is 23.3 Å². The highest BCUT2D eigenvalue weighted by molar-refractivity contribution is 7.99. The lowest BCUT2D eigenvalue weighted by atomic mass is 10.1. The van der Waals surface area contributed by atoms with E-state index in [1.54, 1.807) is 29.5 Å². The summed E-state index contributed by atoms with van der Waals surface area (Å²) in [6, 6.07) is 10.3. The predicted molar refractivity (Wildman–Crippen MR) is 106 cm³/mol. The molecule has 2 N–H and O–H groups in total. The largest absolute Gasteiger partial charge is 0.326 e. The van der Waals surface area contributed by atoms with Crippen molar-refractivity contribution in [2.45, 2.75) is 30.9 Å². The average molecular weight is 372 g/mol. The van der Waals surface area contributed by atoms with Crippen LogP contribution in [0.25, 0.3) is 10.4 Å². The zero-order valence-electron chi connectivity index (χ0n) is 14.3. The van der Waals surface area contributed by atoms with Crippen LogP contribution in [0.4, 0.5) is 0 Å². The lowest BCUT2D eigenvalue weighted by Gasteiger charge is -2.05. The number of nitrogens with one attached hydrogen (secondary N) is 2. The Labute approximate surface area is 155 Å². The SMILES string of the molecule is CCc1cc(-c2ccc(SNCCc3cccnc3)s2)c(C)[nH]c1=O. The van der Waals surface area contributed by atoms with Crippen LogP contribution >= 0.6 is 23.3 Å². The van der Waals surface area contributed by atoms with Crippen LogP contribution in [-0.4, -0.2) is 16.5 Å². The highest BCUT2D eigenvalue weighted by Crippen LogP contribution is 2.34. The van der Waals surface area contributed by atoms with Gasteiger partial charge in [-0.2, -0.15) is 0 Å². The molecule has 130 valence electrons. The molecule has 6 heteroatoms. The number of hydrogen-bond acceptors (Lipinski definition) is 5. The first-order valence-corrected chi connectivity index (χ1v) is 9.92. The molecule has 3 heterocycles. The molecular weight excluding hydrogens is 350 g/mol. The predicted octanol–water partition coefficient (Wildman–Crippen LogP) is 4.21. The maximum absolute atomic E-state index is 11.9. The molecule has 0 aliphatic rings. The van der Waals surface area contributed by atoms with Crippen LogP contribution in [0, 0.1) is 6.92 Å². The molecule has 0 atom stereocenters. The van der Waals surface area contributed by atoms with E-state index in [0.717, 1.165) is 36.2 Å². The van der Waals surface area contributed by atoms with Crippen molar-refractivity contribution in [1.82, 2.24) is 14.7 Å². The third kappa shape index (κ3) is 4.60.